The number of carboxylic acids is 1. The molecule has 0 saturated heterocycles. The molecule has 0 saturated carbocycles. The standard InChI is InChI=1S/C22H44O3/c1-2-21(20-23)18-16-14-12-10-8-6-4-3-5-7-9-11-13-15-17-19-22(24)25/h21,23H,2-20H2,1H3,(H,24,25). The van der Waals surface area contributed by atoms with Crippen LogP contribution in [0.5, 0.6) is 0 Å². The zero-order valence-corrected chi connectivity index (χ0v) is 16.8. The Labute approximate surface area is 156 Å². The summed E-state index contributed by atoms with van der Waals surface area (Å²) in [6.45, 7) is 2.53. The van der Waals surface area contributed by atoms with Gasteiger partial charge in [-0.05, 0) is 18.8 Å². The fraction of sp³-hybridized carbons (Fsp3) is 0.955. The van der Waals surface area contributed by atoms with Crippen LogP contribution in [0.15, 0.2) is 0 Å². The molecule has 2 N–H and O–H groups in total. The molecule has 1 unspecified atom stereocenters. The molecule has 3 heteroatoms. The van der Waals surface area contributed by atoms with Gasteiger partial charge in [-0.25, -0.2) is 0 Å². The molecule has 0 spiro atoms. The molecule has 0 aliphatic rings. The summed E-state index contributed by atoms with van der Waals surface area (Å²) in [6, 6.07) is 0. The highest BCUT2D eigenvalue weighted by Crippen LogP contribution is 2.16. The van der Waals surface area contributed by atoms with E-state index in [-0.39, 0.29) is 0 Å². The molecule has 3 nitrogen and oxygen atoms in total. The van der Waals surface area contributed by atoms with Gasteiger partial charge in [-0.3, -0.25) is 4.79 Å². The van der Waals surface area contributed by atoms with Crippen molar-refractivity contribution in [2.45, 2.75) is 122 Å². The van der Waals surface area contributed by atoms with Crippen LogP contribution in [0.3, 0.4) is 0 Å². The van der Waals surface area contributed by atoms with E-state index < -0.39 is 5.97 Å². The minimum Gasteiger partial charge on any atom is -0.481 e. The largest absolute Gasteiger partial charge is 0.481 e. The van der Waals surface area contributed by atoms with Gasteiger partial charge in [-0.1, -0.05) is 103 Å². The van der Waals surface area contributed by atoms with Crippen molar-refractivity contribution in [2.24, 2.45) is 5.92 Å². The summed E-state index contributed by atoms with van der Waals surface area (Å²) >= 11 is 0. The van der Waals surface area contributed by atoms with E-state index in [4.69, 9.17) is 10.2 Å². The number of hydrogen-bond acceptors (Lipinski definition) is 2. The summed E-state index contributed by atoms with van der Waals surface area (Å²) in [4.78, 5) is 10.4. The highest BCUT2D eigenvalue weighted by atomic mass is 16.4. The van der Waals surface area contributed by atoms with Gasteiger partial charge in [0.2, 0.25) is 0 Å². The lowest BCUT2D eigenvalue weighted by atomic mass is 9.98. The molecule has 0 aromatic carbocycles. The second kappa shape index (κ2) is 19.8. The van der Waals surface area contributed by atoms with Crippen molar-refractivity contribution < 1.29 is 15.0 Å². The smallest absolute Gasteiger partial charge is 0.303 e. The molecule has 1 atom stereocenters. The first-order chi connectivity index (χ1) is 12.2. The van der Waals surface area contributed by atoms with Crippen LogP contribution in [-0.2, 0) is 4.79 Å². The molecule has 0 fully saturated rings. The molecule has 0 rings (SSSR count). The lowest BCUT2D eigenvalue weighted by Crippen LogP contribution is -2.03. The van der Waals surface area contributed by atoms with Gasteiger partial charge in [0.1, 0.15) is 0 Å². The van der Waals surface area contributed by atoms with Gasteiger partial charge >= 0.3 is 5.97 Å². The van der Waals surface area contributed by atoms with Gasteiger partial charge in [0.05, 0.1) is 0 Å². The zero-order chi connectivity index (χ0) is 18.6. The fourth-order valence-electron chi connectivity index (χ4n) is 3.43. The maximum absolute atomic E-state index is 10.4. The van der Waals surface area contributed by atoms with Crippen molar-refractivity contribution in [1.82, 2.24) is 0 Å². The van der Waals surface area contributed by atoms with Gasteiger partial charge in [0, 0.05) is 13.0 Å². The van der Waals surface area contributed by atoms with Crippen molar-refractivity contribution in [3.05, 3.63) is 0 Å². The molecule has 0 aromatic rings. The van der Waals surface area contributed by atoms with Crippen LogP contribution in [0.25, 0.3) is 0 Å². The van der Waals surface area contributed by atoms with Crippen molar-refractivity contribution in [3.63, 3.8) is 0 Å². The molecule has 0 aliphatic carbocycles. The predicted molar refractivity (Wildman–Crippen MR) is 107 cm³/mol. The Morgan fingerprint density at radius 3 is 1.36 bits per heavy atom. The van der Waals surface area contributed by atoms with E-state index in [2.05, 4.69) is 6.92 Å². The van der Waals surface area contributed by atoms with E-state index in [0.29, 0.717) is 18.9 Å². The number of carboxylic acid groups (broad SMARTS) is 1. The van der Waals surface area contributed by atoms with E-state index in [1.54, 1.807) is 0 Å². The summed E-state index contributed by atoms with van der Waals surface area (Å²) in [7, 11) is 0. The predicted octanol–water partition coefficient (Wildman–Crippen LogP) is 6.72. The topological polar surface area (TPSA) is 57.5 Å². The Balaban J connectivity index is 3.06. The van der Waals surface area contributed by atoms with Crippen LogP contribution in [-0.4, -0.2) is 22.8 Å². The van der Waals surface area contributed by atoms with Crippen molar-refractivity contribution in [1.29, 1.82) is 0 Å². The van der Waals surface area contributed by atoms with Gasteiger partial charge in [0.25, 0.3) is 0 Å². The molecular formula is C22H44O3. The highest BCUT2D eigenvalue weighted by molar-refractivity contribution is 5.66. The molecular weight excluding hydrogens is 312 g/mol. The molecule has 25 heavy (non-hydrogen) atoms. The average molecular weight is 357 g/mol. The zero-order valence-electron chi connectivity index (χ0n) is 16.8. The SMILES string of the molecule is CCC(CO)CCCCCCCCCCCCCCCCCC(=O)O. The van der Waals surface area contributed by atoms with E-state index in [1.165, 1.54) is 89.9 Å². The summed E-state index contributed by atoms with van der Waals surface area (Å²) in [5, 5.41) is 17.7. The first-order valence-corrected chi connectivity index (χ1v) is 11.0. The number of aliphatic hydroxyl groups is 1. The van der Waals surface area contributed by atoms with Crippen LogP contribution < -0.4 is 0 Å². The quantitative estimate of drug-likeness (QED) is 0.238. The van der Waals surface area contributed by atoms with Crippen molar-refractivity contribution in [3.8, 4) is 0 Å². The molecule has 0 radical (unpaired) electrons. The summed E-state index contributed by atoms with van der Waals surface area (Å²) < 4.78 is 0. The summed E-state index contributed by atoms with van der Waals surface area (Å²) in [6.07, 6.45) is 22.0. The van der Waals surface area contributed by atoms with E-state index in [9.17, 15) is 4.79 Å². The number of carbonyl (C=O) groups is 1. The van der Waals surface area contributed by atoms with E-state index in [0.717, 1.165) is 19.3 Å². The Bertz CT molecular complexity index is 274. The number of hydrogen-bond donors (Lipinski definition) is 2. The number of aliphatic carboxylic acids is 1. The molecule has 150 valence electrons. The molecule has 0 aliphatic heterocycles. The first kappa shape index (κ1) is 24.4. The second-order valence-electron chi connectivity index (χ2n) is 7.69. The third-order valence-corrected chi connectivity index (χ3v) is 5.34. The van der Waals surface area contributed by atoms with Crippen LogP contribution in [0.4, 0.5) is 0 Å². The summed E-state index contributed by atoms with van der Waals surface area (Å²) in [5.74, 6) is -0.128. The lowest BCUT2D eigenvalue weighted by molar-refractivity contribution is -0.137. The number of unbranched alkanes of at least 4 members (excludes halogenated alkanes) is 14. The summed E-state index contributed by atoms with van der Waals surface area (Å²) in [5.41, 5.74) is 0. The first-order valence-electron chi connectivity index (χ1n) is 11.0. The second-order valence-corrected chi connectivity index (χ2v) is 7.69. The van der Waals surface area contributed by atoms with Crippen LogP contribution in [0.1, 0.15) is 122 Å². The minimum absolute atomic E-state index is 0.335. The number of rotatable bonds is 20. The fourth-order valence-corrected chi connectivity index (χ4v) is 3.43. The van der Waals surface area contributed by atoms with Crippen molar-refractivity contribution in [2.75, 3.05) is 6.61 Å². The Morgan fingerprint density at radius 2 is 1.04 bits per heavy atom. The van der Waals surface area contributed by atoms with Gasteiger partial charge in [-0.2, -0.15) is 0 Å². The number of aliphatic hydroxyl groups excluding tert-OH is 1. The van der Waals surface area contributed by atoms with E-state index in [1.807, 2.05) is 0 Å². The highest BCUT2D eigenvalue weighted by Gasteiger charge is 2.03. The molecule has 0 amide bonds. The minimum atomic E-state index is -0.660. The third-order valence-electron chi connectivity index (χ3n) is 5.34. The van der Waals surface area contributed by atoms with E-state index >= 15 is 0 Å². The van der Waals surface area contributed by atoms with Gasteiger partial charge in [-0.15, -0.1) is 0 Å². The maximum Gasteiger partial charge on any atom is 0.303 e. The molecule has 0 heterocycles. The van der Waals surface area contributed by atoms with Gasteiger partial charge in [0.15, 0.2) is 0 Å². The van der Waals surface area contributed by atoms with Crippen LogP contribution in [0.2, 0.25) is 0 Å². The lowest BCUT2D eigenvalue weighted by Gasteiger charge is -2.10. The normalized spacial score (nSPS) is 12.4. The Morgan fingerprint density at radius 1 is 0.680 bits per heavy atom. The van der Waals surface area contributed by atoms with Crippen LogP contribution in [0, 0.1) is 5.92 Å². The molecule has 0 bridgehead atoms. The van der Waals surface area contributed by atoms with Crippen molar-refractivity contribution >= 4 is 5.97 Å². The monoisotopic (exact) mass is 356 g/mol. The Kier molecular flexibility index (Phi) is 19.3. The molecule has 0 aromatic heterocycles. The van der Waals surface area contributed by atoms with Crippen LogP contribution >= 0.6 is 0 Å². The average Bonchev–Trinajstić information content (AvgIpc) is 2.60. The Hall–Kier alpha value is -0.570. The maximum atomic E-state index is 10.4. The third kappa shape index (κ3) is 19.6. The van der Waals surface area contributed by atoms with Gasteiger partial charge < -0.3 is 10.2 Å².